The van der Waals surface area contributed by atoms with E-state index in [1.165, 1.54) is 11.3 Å². The lowest BCUT2D eigenvalue weighted by molar-refractivity contribution is 1.35. The maximum Gasteiger partial charge on any atom is 0.154 e. The maximum absolute atomic E-state index is 3.82. The molecule has 1 heterocycles. The molecule has 0 amide bonds. The summed E-state index contributed by atoms with van der Waals surface area (Å²) in [5.41, 5.74) is 2.71. The number of anilines is 1. The van der Waals surface area contributed by atoms with Crippen molar-refractivity contribution in [1.82, 2.24) is 4.98 Å². The Morgan fingerprint density at radius 2 is 2.86 bits per heavy atom. The van der Waals surface area contributed by atoms with Gasteiger partial charge in [0.1, 0.15) is 5.82 Å². The topological polar surface area (TPSA) is 24.9 Å². The van der Waals surface area contributed by atoms with E-state index in [0.29, 0.717) is 0 Å². The number of rotatable bonds is 1. The Morgan fingerprint density at radius 3 is 3.14 bits per heavy atom. The van der Waals surface area contributed by atoms with E-state index >= 15 is 0 Å². The first kappa shape index (κ1) is 4.59. The minimum absolute atomic E-state index is 0.894. The Kier molecular flexibility index (Phi) is 1.26. The van der Waals surface area contributed by atoms with Gasteiger partial charge in [-0.05, 0) is 0 Å². The fraction of sp³-hybridized carbons (Fsp3) is 0.250. The lowest BCUT2D eigenvalue weighted by Crippen LogP contribution is -1.84. The monoisotopic (exact) mass is 113 g/mol. The van der Waals surface area contributed by atoms with Gasteiger partial charge in [0.25, 0.3) is 0 Å². The molecule has 0 spiro atoms. The molecule has 1 radical (unpaired) electrons. The Labute approximate surface area is 46.2 Å². The van der Waals surface area contributed by atoms with Crippen LogP contribution < -0.4 is 5.32 Å². The first-order valence-corrected chi connectivity index (χ1v) is 2.81. The summed E-state index contributed by atoms with van der Waals surface area (Å²) in [6.45, 7) is 0. The molecule has 0 aromatic carbocycles. The summed E-state index contributed by atoms with van der Waals surface area (Å²) in [6.07, 6.45) is 0. The van der Waals surface area contributed by atoms with Crippen molar-refractivity contribution in [3.8, 4) is 0 Å². The van der Waals surface area contributed by atoms with Crippen molar-refractivity contribution in [2.45, 2.75) is 0 Å². The van der Waals surface area contributed by atoms with E-state index in [1.807, 2.05) is 12.4 Å². The summed E-state index contributed by atoms with van der Waals surface area (Å²) < 4.78 is 0. The van der Waals surface area contributed by atoms with Crippen molar-refractivity contribution in [3.63, 3.8) is 0 Å². The maximum atomic E-state index is 3.82. The number of nitrogens with zero attached hydrogens (tertiary/aromatic N) is 1. The SMILES string of the molecule is CNc1cs[c]n1. The van der Waals surface area contributed by atoms with Crippen molar-refractivity contribution in [2.24, 2.45) is 0 Å². The molecule has 0 aliphatic rings. The minimum Gasteiger partial charge on any atom is -0.372 e. The zero-order valence-electron chi connectivity index (χ0n) is 3.93. The highest BCUT2D eigenvalue weighted by atomic mass is 32.1. The zero-order chi connectivity index (χ0) is 5.11. The highest BCUT2D eigenvalue weighted by Crippen LogP contribution is 2.02. The van der Waals surface area contributed by atoms with Crippen molar-refractivity contribution < 1.29 is 0 Å². The van der Waals surface area contributed by atoms with Crippen LogP contribution in [-0.4, -0.2) is 12.0 Å². The predicted molar refractivity (Wildman–Crippen MR) is 30.5 cm³/mol. The average molecular weight is 113 g/mol. The molecule has 1 rings (SSSR count). The van der Waals surface area contributed by atoms with E-state index in [2.05, 4.69) is 15.8 Å². The molecule has 1 aromatic rings. The van der Waals surface area contributed by atoms with E-state index in [0.717, 1.165) is 5.82 Å². The number of hydrogen-bond acceptors (Lipinski definition) is 3. The Hall–Kier alpha value is -0.570. The van der Waals surface area contributed by atoms with Crippen LogP contribution in [0.3, 0.4) is 0 Å². The second-order valence-electron chi connectivity index (χ2n) is 1.07. The molecule has 3 heteroatoms. The first-order valence-electron chi connectivity index (χ1n) is 1.93. The van der Waals surface area contributed by atoms with Gasteiger partial charge >= 0.3 is 0 Å². The summed E-state index contributed by atoms with van der Waals surface area (Å²) in [5.74, 6) is 0.894. The van der Waals surface area contributed by atoms with Crippen molar-refractivity contribution in [3.05, 3.63) is 10.9 Å². The predicted octanol–water partition coefficient (Wildman–Crippen LogP) is 0.985. The molecular formula is C4H5N2S. The van der Waals surface area contributed by atoms with Gasteiger partial charge in [0, 0.05) is 12.4 Å². The van der Waals surface area contributed by atoms with Crippen LogP contribution in [0.25, 0.3) is 0 Å². The van der Waals surface area contributed by atoms with Crippen LogP contribution in [0, 0.1) is 5.51 Å². The molecule has 1 aromatic heterocycles. The average Bonchev–Trinajstić information content (AvgIpc) is 2.14. The van der Waals surface area contributed by atoms with E-state index in [4.69, 9.17) is 0 Å². The molecule has 0 aliphatic heterocycles. The van der Waals surface area contributed by atoms with Crippen LogP contribution in [0.1, 0.15) is 0 Å². The Bertz CT molecular complexity index is 124. The largest absolute Gasteiger partial charge is 0.372 e. The van der Waals surface area contributed by atoms with Crippen molar-refractivity contribution in [1.29, 1.82) is 0 Å². The van der Waals surface area contributed by atoms with Crippen LogP contribution in [0.15, 0.2) is 5.38 Å². The highest BCUT2D eigenvalue weighted by molar-refractivity contribution is 7.07. The van der Waals surface area contributed by atoms with Gasteiger partial charge in [-0.25, -0.2) is 4.98 Å². The highest BCUT2D eigenvalue weighted by Gasteiger charge is 1.83. The molecule has 0 atom stereocenters. The van der Waals surface area contributed by atoms with E-state index in [1.54, 1.807) is 0 Å². The molecule has 0 fully saturated rings. The summed E-state index contributed by atoms with van der Waals surface area (Å²) in [5, 5.41) is 4.78. The van der Waals surface area contributed by atoms with Crippen LogP contribution in [0.5, 0.6) is 0 Å². The summed E-state index contributed by atoms with van der Waals surface area (Å²) in [7, 11) is 1.84. The Morgan fingerprint density at radius 1 is 2.00 bits per heavy atom. The van der Waals surface area contributed by atoms with Crippen molar-refractivity contribution >= 4 is 17.2 Å². The lowest BCUT2D eigenvalue weighted by Gasteiger charge is -1.84. The molecule has 0 saturated carbocycles. The smallest absolute Gasteiger partial charge is 0.154 e. The quantitative estimate of drug-likeness (QED) is 0.587. The van der Waals surface area contributed by atoms with Crippen LogP contribution in [-0.2, 0) is 0 Å². The molecule has 1 N–H and O–H groups in total. The molecule has 37 valence electrons. The summed E-state index contributed by atoms with van der Waals surface area (Å²) in [4.78, 5) is 3.82. The van der Waals surface area contributed by atoms with Gasteiger partial charge in [-0.3, -0.25) is 0 Å². The second-order valence-corrected chi connectivity index (χ2v) is 1.73. The Balaban J connectivity index is 2.76. The van der Waals surface area contributed by atoms with Gasteiger partial charge in [-0.2, -0.15) is 0 Å². The third-order valence-corrected chi connectivity index (χ3v) is 1.18. The normalized spacial score (nSPS) is 8.71. The van der Waals surface area contributed by atoms with Gasteiger partial charge < -0.3 is 5.32 Å². The lowest BCUT2D eigenvalue weighted by atomic mass is 10.8. The fourth-order valence-electron chi connectivity index (χ4n) is 0.299. The standard InChI is InChI=1S/C4H5N2S/c1-5-4-2-7-3-6-4/h2,5H,1H3. The van der Waals surface area contributed by atoms with E-state index in [-0.39, 0.29) is 0 Å². The number of aromatic nitrogens is 1. The summed E-state index contributed by atoms with van der Waals surface area (Å²) in [6, 6.07) is 0. The fourth-order valence-corrected chi connectivity index (χ4v) is 0.785. The van der Waals surface area contributed by atoms with Gasteiger partial charge in [0.2, 0.25) is 0 Å². The third kappa shape index (κ3) is 0.899. The van der Waals surface area contributed by atoms with Crippen LogP contribution >= 0.6 is 11.3 Å². The molecular weight excluding hydrogens is 108 g/mol. The molecule has 7 heavy (non-hydrogen) atoms. The van der Waals surface area contributed by atoms with Gasteiger partial charge in [0.15, 0.2) is 5.51 Å². The van der Waals surface area contributed by atoms with Crippen LogP contribution in [0.4, 0.5) is 5.82 Å². The first-order chi connectivity index (χ1) is 3.43. The van der Waals surface area contributed by atoms with E-state index in [9.17, 15) is 0 Å². The number of thiazole rings is 1. The van der Waals surface area contributed by atoms with Gasteiger partial charge in [0.05, 0.1) is 0 Å². The van der Waals surface area contributed by atoms with Gasteiger partial charge in [-0.15, -0.1) is 11.3 Å². The van der Waals surface area contributed by atoms with E-state index < -0.39 is 0 Å². The zero-order valence-corrected chi connectivity index (χ0v) is 4.75. The van der Waals surface area contributed by atoms with Crippen molar-refractivity contribution in [2.75, 3.05) is 12.4 Å². The molecule has 2 nitrogen and oxygen atoms in total. The molecule has 0 saturated heterocycles. The number of hydrogen-bond donors (Lipinski definition) is 1. The van der Waals surface area contributed by atoms with Crippen LogP contribution in [0.2, 0.25) is 0 Å². The molecule has 0 aliphatic carbocycles. The third-order valence-electron chi connectivity index (χ3n) is 0.645. The minimum atomic E-state index is 0.894. The second kappa shape index (κ2) is 1.93. The summed E-state index contributed by atoms with van der Waals surface area (Å²) >= 11 is 1.47. The van der Waals surface area contributed by atoms with Gasteiger partial charge in [-0.1, -0.05) is 0 Å². The molecule has 0 unspecified atom stereocenters. The number of nitrogens with one attached hydrogen (secondary N) is 1. The molecule has 0 bridgehead atoms.